The summed E-state index contributed by atoms with van der Waals surface area (Å²) in [5, 5.41) is 22.9. The van der Waals surface area contributed by atoms with Gasteiger partial charge in [-0.3, -0.25) is 24.1 Å². The highest BCUT2D eigenvalue weighted by Gasteiger charge is 2.51. The van der Waals surface area contributed by atoms with E-state index in [-0.39, 0.29) is 67.1 Å². The SMILES string of the molecule is Cc1ncsc1-c1ccc(CNC(=O)[C@@H]2C[C@@H](O)CN2C(=O)[C@H](C(C)C)N2Cc3cc(CCCOCCOc4ccc(N5C(=S)N(c6ccc(C#N)c(C(F)(F)F)c6)C(=O)C5(C)C)cc4)ccc3C2=O)cc1. The fraction of sp³-hybridized carbons (Fsp3) is 0.377. The number of hydrogen-bond acceptors (Lipinski definition) is 11. The number of aromatic nitrogens is 1. The van der Waals surface area contributed by atoms with E-state index < -0.39 is 46.9 Å². The molecule has 3 atom stereocenters. The summed E-state index contributed by atoms with van der Waals surface area (Å²) in [6.07, 6.45) is -4.22. The smallest absolute Gasteiger partial charge is 0.417 e. The molecule has 2 N–H and O–H groups in total. The van der Waals surface area contributed by atoms with Gasteiger partial charge in [0.15, 0.2) is 5.11 Å². The monoisotopic (exact) mass is 1020 g/mol. The molecule has 1 aromatic heterocycles. The van der Waals surface area contributed by atoms with Gasteiger partial charge in [0.1, 0.15) is 30.0 Å². The van der Waals surface area contributed by atoms with Gasteiger partial charge in [0.25, 0.3) is 11.8 Å². The maximum Gasteiger partial charge on any atom is 0.417 e. The number of nitriles is 1. The van der Waals surface area contributed by atoms with Gasteiger partial charge in [0.05, 0.1) is 51.7 Å². The van der Waals surface area contributed by atoms with Crippen molar-refractivity contribution in [3.05, 3.63) is 130 Å². The van der Waals surface area contributed by atoms with Crippen molar-refractivity contribution in [3.8, 4) is 22.3 Å². The molecule has 4 amide bonds. The molecule has 5 aromatic rings. The molecule has 4 aromatic carbocycles. The minimum Gasteiger partial charge on any atom is -0.491 e. The molecule has 0 saturated carbocycles. The Hall–Kier alpha value is -6.72. The number of anilines is 2. The van der Waals surface area contributed by atoms with Crippen LogP contribution in [-0.4, -0.2) is 98.7 Å². The number of aliphatic hydroxyl groups excluding tert-OH is 1. The van der Waals surface area contributed by atoms with Crippen LogP contribution in [0.4, 0.5) is 24.5 Å². The fourth-order valence-electron chi connectivity index (χ4n) is 9.54. The number of nitrogens with zero attached hydrogens (tertiary/aromatic N) is 6. The number of ether oxygens (including phenoxy) is 2. The second-order valence-corrected chi connectivity index (χ2v) is 20.1. The molecular weight excluding hydrogens is 968 g/mol. The molecule has 14 nitrogen and oxygen atoms in total. The van der Waals surface area contributed by atoms with E-state index in [0.717, 1.165) is 49.9 Å². The molecule has 4 heterocycles. The molecule has 2 saturated heterocycles. The number of halogens is 3. The van der Waals surface area contributed by atoms with Crippen molar-refractivity contribution < 1.29 is 46.9 Å². The van der Waals surface area contributed by atoms with E-state index in [1.165, 1.54) is 11.0 Å². The first-order valence-electron chi connectivity index (χ1n) is 23.6. The number of hydrogen-bond donors (Lipinski definition) is 2. The number of fused-ring (bicyclic) bond motifs is 1. The number of aliphatic hydroxyl groups is 1. The van der Waals surface area contributed by atoms with Crippen LogP contribution >= 0.6 is 23.6 Å². The van der Waals surface area contributed by atoms with E-state index in [1.54, 1.807) is 76.9 Å². The van der Waals surface area contributed by atoms with Crippen molar-refractivity contribution in [3.63, 3.8) is 0 Å². The van der Waals surface area contributed by atoms with Crippen LogP contribution in [0.15, 0.2) is 90.4 Å². The predicted octanol–water partition coefficient (Wildman–Crippen LogP) is 8.21. The largest absolute Gasteiger partial charge is 0.491 e. The van der Waals surface area contributed by atoms with Crippen molar-refractivity contribution in [2.75, 3.05) is 36.2 Å². The third-order valence-corrected chi connectivity index (χ3v) is 14.6. The van der Waals surface area contributed by atoms with Crippen LogP contribution in [0.5, 0.6) is 5.75 Å². The number of amides is 4. The van der Waals surface area contributed by atoms with Crippen molar-refractivity contribution >= 4 is 63.7 Å². The first-order valence-corrected chi connectivity index (χ1v) is 24.9. The number of β-amino-alcohol motifs (C(OH)–C–C–N with tert-alkyl or cyclic N) is 1. The van der Waals surface area contributed by atoms with Crippen LogP contribution in [0.3, 0.4) is 0 Å². The van der Waals surface area contributed by atoms with Crippen LogP contribution < -0.4 is 19.9 Å². The molecule has 2 fully saturated rings. The lowest BCUT2D eigenvalue weighted by atomic mass is 10.0. The normalized spacial score (nSPS) is 18.0. The quantitative estimate of drug-likeness (QED) is 0.0681. The number of rotatable bonds is 17. The highest BCUT2D eigenvalue weighted by molar-refractivity contribution is 7.81. The van der Waals surface area contributed by atoms with Crippen molar-refractivity contribution in [2.24, 2.45) is 5.92 Å². The Labute approximate surface area is 424 Å². The molecule has 0 spiro atoms. The summed E-state index contributed by atoms with van der Waals surface area (Å²) in [5.41, 5.74) is 4.53. The zero-order valence-corrected chi connectivity index (χ0v) is 42.0. The van der Waals surface area contributed by atoms with Crippen LogP contribution in [0.25, 0.3) is 10.4 Å². The number of thiocarbonyl (C=S) groups is 1. The number of alkyl halides is 3. The molecular formula is C53H54F3N7O7S2. The third kappa shape index (κ3) is 10.6. The summed E-state index contributed by atoms with van der Waals surface area (Å²) in [5.74, 6) is -1.27. The summed E-state index contributed by atoms with van der Waals surface area (Å²) < 4.78 is 53.0. The van der Waals surface area contributed by atoms with Gasteiger partial charge in [-0.1, -0.05) is 50.2 Å². The van der Waals surface area contributed by atoms with Gasteiger partial charge in [-0.15, -0.1) is 11.3 Å². The molecule has 3 aliphatic rings. The molecule has 0 bridgehead atoms. The minimum absolute atomic E-state index is 0.00692. The summed E-state index contributed by atoms with van der Waals surface area (Å²) >= 11 is 7.21. The number of carbonyl (C=O) groups is 4. The van der Waals surface area contributed by atoms with E-state index >= 15 is 0 Å². The van der Waals surface area contributed by atoms with Gasteiger partial charge in [0.2, 0.25) is 11.8 Å². The van der Waals surface area contributed by atoms with Crippen molar-refractivity contribution in [1.82, 2.24) is 20.1 Å². The zero-order valence-electron chi connectivity index (χ0n) is 40.4. The lowest BCUT2D eigenvalue weighted by molar-refractivity contribution is -0.143. The number of benzene rings is 4. The van der Waals surface area contributed by atoms with E-state index in [0.29, 0.717) is 43.1 Å². The van der Waals surface area contributed by atoms with Gasteiger partial charge in [-0.05, 0) is 123 Å². The summed E-state index contributed by atoms with van der Waals surface area (Å²) in [6.45, 7) is 10.4. The van der Waals surface area contributed by atoms with E-state index in [2.05, 4.69) is 10.3 Å². The van der Waals surface area contributed by atoms with Crippen molar-refractivity contribution in [2.45, 2.75) is 96.9 Å². The third-order valence-electron chi connectivity index (χ3n) is 13.2. The molecule has 72 heavy (non-hydrogen) atoms. The standard InChI is InChI=1S/C53H54F3N7O7S2/c1-31(2)45(49(67)60-29-40(64)25-44(60)47(65)58-27-34-8-11-35(12-9-34)46-32(3)59-30-72-46)61-28-37-23-33(10-19-42(37)48(61)66)7-6-20-69-21-22-70-41-17-15-38(16-18-41)63-51(71)62(50(68)52(63,4)5)39-14-13-36(26-57)43(24-39)53(54,55)56/h8-19,23-24,30-31,40,44-45,64H,6-7,20-22,25,27-29H2,1-5H3,(H,58,65)/t40-,44+,45+/m1/s1. The second-order valence-electron chi connectivity index (χ2n) is 18.9. The van der Waals surface area contributed by atoms with Gasteiger partial charge < -0.3 is 34.6 Å². The lowest BCUT2D eigenvalue weighted by Gasteiger charge is -2.35. The topological polar surface area (TPSA) is 169 Å². The average Bonchev–Trinajstić information content (AvgIpc) is 4.09. The fourth-order valence-corrected chi connectivity index (χ4v) is 10.9. The zero-order chi connectivity index (χ0) is 51.6. The van der Waals surface area contributed by atoms with Crippen LogP contribution in [0.2, 0.25) is 0 Å². The first kappa shape index (κ1) is 51.6. The summed E-state index contributed by atoms with van der Waals surface area (Å²) in [7, 11) is 0. The van der Waals surface area contributed by atoms with Crippen LogP contribution in [0, 0.1) is 24.2 Å². The Bertz CT molecular complexity index is 2920. The molecule has 0 aliphatic carbocycles. The van der Waals surface area contributed by atoms with Crippen LogP contribution in [0.1, 0.15) is 84.4 Å². The number of aryl methyl sites for hydroxylation is 2. The molecule has 19 heteroatoms. The van der Waals surface area contributed by atoms with E-state index in [9.17, 15) is 42.7 Å². The Morgan fingerprint density at radius 3 is 2.36 bits per heavy atom. The number of carbonyl (C=O) groups excluding carboxylic acids is 4. The van der Waals surface area contributed by atoms with Crippen LogP contribution in [-0.2, 0) is 44.8 Å². The number of nitrogens with one attached hydrogen (secondary N) is 1. The molecule has 3 aliphatic heterocycles. The Morgan fingerprint density at radius 1 is 0.986 bits per heavy atom. The summed E-state index contributed by atoms with van der Waals surface area (Å²) in [4.78, 5) is 66.4. The molecule has 0 radical (unpaired) electrons. The minimum atomic E-state index is -4.81. The Balaban J connectivity index is 0.795. The van der Waals surface area contributed by atoms with E-state index in [1.807, 2.05) is 57.2 Å². The highest BCUT2D eigenvalue weighted by atomic mass is 32.1. The van der Waals surface area contributed by atoms with E-state index in [4.69, 9.17) is 21.7 Å². The second kappa shape index (κ2) is 21.2. The number of thiazole rings is 1. The molecule has 0 unspecified atom stereocenters. The lowest BCUT2D eigenvalue weighted by Crippen LogP contribution is -2.55. The Morgan fingerprint density at radius 2 is 1.69 bits per heavy atom. The number of likely N-dealkylation sites (tertiary alicyclic amines) is 1. The van der Waals surface area contributed by atoms with Gasteiger partial charge in [-0.2, -0.15) is 18.4 Å². The first-order chi connectivity index (χ1) is 34.3. The predicted molar refractivity (Wildman–Crippen MR) is 269 cm³/mol. The summed E-state index contributed by atoms with van der Waals surface area (Å²) in [6, 6.07) is 23.2. The maximum atomic E-state index is 14.3. The Kier molecular flexibility index (Phi) is 15.2. The average molecular weight is 1020 g/mol. The molecule has 8 rings (SSSR count). The maximum absolute atomic E-state index is 14.3. The van der Waals surface area contributed by atoms with Gasteiger partial charge in [-0.25, -0.2) is 4.98 Å². The van der Waals surface area contributed by atoms with Crippen molar-refractivity contribution in [1.29, 1.82) is 5.26 Å². The van der Waals surface area contributed by atoms with Gasteiger partial charge >= 0.3 is 6.18 Å². The highest BCUT2D eigenvalue weighted by Crippen LogP contribution is 2.40. The van der Waals surface area contributed by atoms with Gasteiger partial charge in [0, 0.05) is 43.9 Å². The molecule has 376 valence electrons.